The molecule has 6 heteroatoms. The first kappa shape index (κ1) is 19.4. The number of nitrogens with one attached hydrogen (secondary N) is 1. The van der Waals surface area contributed by atoms with Crippen molar-refractivity contribution in [2.75, 3.05) is 11.9 Å². The molecule has 2 amide bonds. The van der Waals surface area contributed by atoms with Gasteiger partial charge in [0, 0.05) is 4.88 Å². The van der Waals surface area contributed by atoms with E-state index < -0.39 is 5.91 Å². The van der Waals surface area contributed by atoms with Gasteiger partial charge in [-0.05, 0) is 68.2 Å². The Morgan fingerprint density at radius 1 is 1.26 bits per heavy atom. The third-order valence-corrected chi connectivity index (χ3v) is 6.40. The van der Waals surface area contributed by atoms with E-state index in [-0.39, 0.29) is 12.5 Å². The Hall–Kier alpha value is -2.34. The molecule has 1 aliphatic carbocycles. The fourth-order valence-electron chi connectivity index (χ4n) is 3.55. The molecule has 2 aromatic rings. The number of rotatable bonds is 5. The number of thiophene rings is 1. The van der Waals surface area contributed by atoms with Gasteiger partial charge >= 0.3 is 0 Å². The lowest BCUT2D eigenvalue weighted by Gasteiger charge is -2.18. The van der Waals surface area contributed by atoms with Gasteiger partial charge in [-0.25, -0.2) is 0 Å². The summed E-state index contributed by atoms with van der Waals surface area (Å²) in [6.45, 7) is 8.04. The quantitative estimate of drug-likeness (QED) is 0.817. The van der Waals surface area contributed by atoms with Crippen LogP contribution in [0.1, 0.15) is 50.8 Å². The molecule has 1 aromatic carbocycles. The van der Waals surface area contributed by atoms with Crippen molar-refractivity contribution < 1.29 is 14.3 Å². The van der Waals surface area contributed by atoms with Gasteiger partial charge in [0.15, 0.2) is 6.61 Å². The van der Waals surface area contributed by atoms with Crippen molar-refractivity contribution in [2.45, 2.75) is 47.0 Å². The van der Waals surface area contributed by atoms with Crippen LogP contribution in [-0.4, -0.2) is 18.4 Å². The topological polar surface area (TPSA) is 81.4 Å². The van der Waals surface area contributed by atoms with E-state index in [2.05, 4.69) is 12.2 Å². The van der Waals surface area contributed by atoms with Crippen LogP contribution in [0.25, 0.3) is 0 Å². The number of carbonyl (C=O) groups excluding carboxylic acids is 2. The molecule has 1 aliphatic rings. The van der Waals surface area contributed by atoms with E-state index in [0.717, 1.165) is 52.1 Å². The summed E-state index contributed by atoms with van der Waals surface area (Å²) in [6, 6.07) is 4.02. The van der Waals surface area contributed by atoms with Crippen LogP contribution in [0, 0.1) is 26.7 Å². The molecule has 3 rings (SSSR count). The van der Waals surface area contributed by atoms with Crippen molar-refractivity contribution in [3.05, 3.63) is 44.8 Å². The van der Waals surface area contributed by atoms with Gasteiger partial charge in [0.05, 0.1) is 5.56 Å². The van der Waals surface area contributed by atoms with Crippen LogP contribution in [0.3, 0.4) is 0 Å². The monoisotopic (exact) mass is 386 g/mol. The van der Waals surface area contributed by atoms with E-state index in [9.17, 15) is 9.59 Å². The summed E-state index contributed by atoms with van der Waals surface area (Å²) < 4.78 is 5.78. The second kappa shape index (κ2) is 7.72. The maximum atomic E-state index is 12.5. The molecule has 1 aromatic heterocycles. The number of hydrogen-bond donors (Lipinski definition) is 2. The molecule has 27 heavy (non-hydrogen) atoms. The molecule has 0 bridgehead atoms. The summed E-state index contributed by atoms with van der Waals surface area (Å²) in [6.07, 6.45) is 2.79. The SMILES string of the molecule is Cc1ccc(C)c(OCC(=O)Nc2sc3c(c2C(N)=O)CCC(C)C3)c1C. The largest absolute Gasteiger partial charge is 0.483 e. The predicted octanol–water partition coefficient (Wildman–Crippen LogP) is 3.91. The van der Waals surface area contributed by atoms with E-state index in [4.69, 9.17) is 10.5 Å². The molecule has 0 saturated heterocycles. The van der Waals surface area contributed by atoms with Gasteiger partial charge in [0.2, 0.25) is 0 Å². The van der Waals surface area contributed by atoms with E-state index >= 15 is 0 Å². The van der Waals surface area contributed by atoms with E-state index in [1.807, 2.05) is 32.9 Å². The van der Waals surface area contributed by atoms with Crippen LogP contribution in [0.2, 0.25) is 0 Å². The fourth-order valence-corrected chi connectivity index (χ4v) is 4.98. The molecular formula is C21H26N2O3S. The first-order chi connectivity index (χ1) is 12.8. The molecular weight excluding hydrogens is 360 g/mol. The Labute approximate surface area is 163 Å². The van der Waals surface area contributed by atoms with Crippen molar-refractivity contribution >= 4 is 28.2 Å². The van der Waals surface area contributed by atoms with Gasteiger partial charge in [-0.2, -0.15) is 0 Å². The number of aryl methyl sites for hydroxylation is 2. The number of hydrogen-bond acceptors (Lipinski definition) is 4. The van der Waals surface area contributed by atoms with Crippen molar-refractivity contribution in [1.29, 1.82) is 0 Å². The molecule has 0 radical (unpaired) electrons. The molecule has 0 spiro atoms. The zero-order valence-corrected chi connectivity index (χ0v) is 17.1. The molecule has 0 aliphatic heterocycles. The summed E-state index contributed by atoms with van der Waals surface area (Å²) in [5.41, 5.74) is 10.2. The summed E-state index contributed by atoms with van der Waals surface area (Å²) in [5.74, 6) is 0.545. The fraction of sp³-hybridized carbons (Fsp3) is 0.429. The maximum absolute atomic E-state index is 12.5. The average Bonchev–Trinajstić information content (AvgIpc) is 2.95. The summed E-state index contributed by atoms with van der Waals surface area (Å²) in [7, 11) is 0. The minimum atomic E-state index is -0.483. The molecule has 0 saturated carbocycles. The standard InChI is InChI=1S/C21H26N2O3S/c1-11-5-8-15-16(9-11)27-21(18(15)20(22)25)23-17(24)10-26-19-13(3)7-6-12(2)14(19)4/h6-7,11H,5,8-10H2,1-4H3,(H2,22,25)(H,23,24). The van der Waals surface area contributed by atoms with E-state index in [1.54, 1.807) is 0 Å². The van der Waals surface area contributed by atoms with Gasteiger partial charge in [-0.1, -0.05) is 19.1 Å². The highest BCUT2D eigenvalue weighted by atomic mass is 32.1. The molecule has 1 heterocycles. The first-order valence-corrected chi connectivity index (χ1v) is 10.0. The zero-order valence-electron chi connectivity index (χ0n) is 16.3. The Bertz CT molecular complexity index is 901. The summed E-state index contributed by atoms with van der Waals surface area (Å²) >= 11 is 1.46. The molecule has 0 fully saturated rings. The van der Waals surface area contributed by atoms with Crippen LogP contribution in [0.5, 0.6) is 5.75 Å². The highest BCUT2D eigenvalue weighted by Crippen LogP contribution is 2.39. The van der Waals surface area contributed by atoms with Crippen LogP contribution >= 0.6 is 11.3 Å². The van der Waals surface area contributed by atoms with Crippen LogP contribution in [0.15, 0.2) is 12.1 Å². The second-order valence-electron chi connectivity index (χ2n) is 7.41. The van der Waals surface area contributed by atoms with Gasteiger partial charge in [-0.15, -0.1) is 11.3 Å². The Morgan fingerprint density at radius 2 is 1.96 bits per heavy atom. The number of nitrogens with two attached hydrogens (primary N) is 1. The third kappa shape index (κ3) is 4.00. The molecule has 1 unspecified atom stereocenters. The maximum Gasteiger partial charge on any atom is 0.262 e. The van der Waals surface area contributed by atoms with Gasteiger partial charge < -0.3 is 15.8 Å². The Kier molecular flexibility index (Phi) is 5.56. The zero-order chi connectivity index (χ0) is 19.7. The highest BCUT2D eigenvalue weighted by Gasteiger charge is 2.27. The number of anilines is 1. The van der Waals surface area contributed by atoms with Crippen molar-refractivity contribution in [1.82, 2.24) is 0 Å². The van der Waals surface area contributed by atoms with Gasteiger partial charge in [0.1, 0.15) is 10.8 Å². The highest BCUT2D eigenvalue weighted by molar-refractivity contribution is 7.17. The van der Waals surface area contributed by atoms with E-state index in [1.165, 1.54) is 11.3 Å². The van der Waals surface area contributed by atoms with Crippen molar-refractivity contribution in [3.8, 4) is 5.75 Å². The van der Waals surface area contributed by atoms with Crippen molar-refractivity contribution in [2.24, 2.45) is 11.7 Å². The first-order valence-electron chi connectivity index (χ1n) is 9.21. The minimum Gasteiger partial charge on any atom is -0.483 e. The summed E-state index contributed by atoms with van der Waals surface area (Å²) in [5, 5.41) is 3.39. The normalized spacial score (nSPS) is 15.9. The number of amides is 2. The number of benzene rings is 1. The smallest absolute Gasteiger partial charge is 0.262 e. The Morgan fingerprint density at radius 3 is 2.67 bits per heavy atom. The third-order valence-electron chi connectivity index (χ3n) is 5.23. The second-order valence-corrected chi connectivity index (χ2v) is 8.52. The molecule has 1 atom stereocenters. The molecule has 144 valence electrons. The number of ether oxygens (including phenoxy) is 1. The number of carbonyl (C=O) groups is 2. The lowest BCUT2D eigenvalue weighted by atomic mass is 9.88. The van der Waals surface area contributed by atoms with Crippen LogP contribution in [-0.2, 0) is 17.6 Å². The minimum absolute atomic E-state index is 0.109. The van der Waals surface area contributed by atoms with Gasteiger partial charge in [0.25, 0.3) is 11.8 Å². The Balaban J connectivity index is 1.75. The van der Waals surface area contributed by atoms with Crippen LogP contribution < -0.4 is 15.8 Å². The average molecular weight is 387 g/mol. The number of primary amides is 1. The van der Waals surface area contributed by atoms with Gasteiger partial charge in [-0.3, -0.25) is 9.59 Å². The number of fused-ring (bicyclic) bond motifs is 1. The lowest BCUT2D eigenvalue weighted by Crippen LogP contribution is -2.23. The van der Waals surface area contributed by atoms with Crippen LogP contribution in [0.4, 0.5) is 5.00 Å². The lowest BCUT2D eigenvalue weighted by molar-refractivity contribution is -0.118. The predicted molar refractivity (Wildman–Crippen MR) is 109 cm³/mol. The van der Waals surface area contributed by atoms with E-state index in [0.29, 0.717) is 16.5 Å². The molecule has 3 N–H and O–H groups in total. The molecule has 5 nitrogen and oxygen atoms in total. The summed E-state index contributed by atoms with van der Waals surface area (Å²) in [4.78, 5) is 25.6. The van der Waals surface area contributed by atoms with Crippen molar-refractivity contribution in [3.63, 3.8) is 0 Å².